The molecule has 4 nitrogen and oxygen atoms in total. The Labute approximate surface area is 151 Å². The molecule has 23 heavy (non-hydrogen) atoms. The zero-order valence-corrected chi connectivity index (χ0v) is 14.9. The van der Waals surface area contributed by atoms with Crippen LogP contribution in [-0.4, -0.2) is 30.0 Å². The van der Waals surface area contributed by atoms with Crippen molar-refractivity contribution in [3.8, 4) is 10.6 Å². The predicted molar refractivity (Wildman–Crippen MR) is 97.5 cm³/mol. The molecular weight excluding hydrogens is 353 g/mol. The van der Waals surface area contributed by atoms with E-state index in [0.29, 0.717) is 19.1 Å². The lowest BCUT2D eigenvalue weighted by Crippen LogP contribution is -2.35. The molecule has 0 spiro atoms. The van der Waals surface area contributed by atoms with Crippen molar-refractivity contribution in [2.45, 2.75) is 25.3 Å². The van der Waals surface area contributed by atoms with E-state index in [2.05, 4.69) is 15.6 Å². The Morgan fingerprint density at radius 3 is 2.74 bits per heavy atom. The molecule has 0 atom stereocenters. The fourth-order valence-electron chi connectivity index (χ4n) is 2.06. The van der Waals surface area contributed by atoms with E-state index < -0.39 is 0 Å². The largest absolute Gasteiger partial charge is 0.355 e. The predicted octanol–water partition coefficient (Wildman–Crippen LogP) is 3.30. The summed E-state index contributed by atoms with van der Waals surface area (Å²) in [6.07, 6.45) is 3.14. The zero-order valence-electron chi connectivity index (χ0n) is 12.5. The van der Waals surface area contributed by atoms with Crippen molar-refractivity contribution in [3.63, 3.8) is 0 Å². The average Bonchev–Trinajstić information content (AvgIpc) is 3.24. The number of amides is 1. The molecule has 1 aliphatic carbocycles. The molecule has 7 heteroatoms. The first-order valence-electron chi connectivity index (χ1n) is 7.41. The summed E-state index contributed by atoms with van der Waals surface area (Å²) in [6, 6.07) is 8.23. The Bertz CT molecular complexity index is 641. The van der Waals surface area contributed by atoms with Gasteiger partial charge in [-0.3, -0.25) is 4.79 Å². The third-order valence-corrected chi connectivity index (χ3v) is 4.67. The first kappa shape index (κ1) is 18.2. The van der Waals surface area contributed by atoms with Gasteiger partial charge in [0.1, 0.15) is 5.01 Å². The van der Waals surface area contributed by atoms with Crippen LogP contribution in [0, 0.1) is 0 Å². The van der Waals surface area contributed by atoms with Crippen molar-refractivity contribution in [3.05, 3.63) is 40.4 Å². The molecule has 3 rings (SSSR count). The fourth-order valence-corrected chi connectivity index (χ4v) is 3.05. The highest BCUT2D eigenvalue weighted by Crippen LogP contribution is 2.25. The van der Waals surface area contributed by atoms with Gasteiger partial charge in [-0.25, -0.2) is 4.98 Å². The monoisotopic (exact) mass is 371 g/mol. The van der Waals surface area contributed by atoms with Crippen LogP contribution in [0.1, 0.15) is 18.5 Å². The zero-order chi connectivity index (χ0) is 15.4. The van der Waals surface area contributed by atoms with Gasteiger partial charge >= 0.3 is 0 Å². The lowest BCUT2D eigenvalue weighted by Gasteiger charge is -2.04. The van der Waals surface area contributed by atoms with Crippen LogP contribution in [0.25, 0.3) is 10.6 Å². The lowest BCUT2D eigenvalue weighted by molar-refractivity contribution is -0.120. The fraction of sp³-hybridized carbons (Fsp3) is 0.375. The maximum atomic E-state index is 11.6. The highest BCUT2D eigenvalue weighted by Gasteiger charge is 2.20. The van der Waals surface area contributed by atoms with E-state index in [9.17, 15) is 4.79 Å². The van der Waals surface area contributed by atoms with Gasteiger partial charge in [-0.05, 0) is 25.0 Å². The van der Waals surface area contributed by atoms with Crippen LogP contribution in [-0.2, 0) is 11.2 Å². The number of carbonyl (C=O) groups excluding carboxylic acids is 1. The van der Waals surface area contributed by atoms with Gasteiger partial charge in [-0.2, -0.15) is 0 Å². The van der Waals surface area contributed by atoms with Gasteiger partial charge in [-0.15, -0.1) is 23.7 Å². The second-order valence-electron chi connectivity index (χ2n) is 5.41. The molecular formula is C16H19Cl2N3OS. The van der Waals surface area contributed by atoms with E-state index in [1.54, 1.807) is 11.3 Å². The Kier molecular flexibility index (Phi) is 6.84. The van der Waals surface area contributed by atoms with E-state index in [0.717, 1.165) is 27.7 Å². The quantitative estimate of drug-likeness (QED) is 0.784. The first-order valence-corrected chi connectivity index (χ1v) is 8.67. The number of aromatic nitrogens is 1. The Morgan fingerprint density at radius 1 is 1.30 bits per heavy atom. The normalized spacial score (nSPS) is 13.4. The van der Waals surface area contributed by atoms with Crippen molar-refractivity contribution in [1.29, 1.82) is 0 Å². The van der Waals surface area contributed by atoms with Gasteiger partial charge in [-0.1, -0.05) is 23.7 Å². The molecule has 0 unspecified atom stereocenters. The van der Waals surface area contributed by atoms with Gasteiger partial charge < -0.3 is 10.6 Å². The van der Waals surface area contributed by atoms with Crippen LogP contribution >= 0.6 is 35.3 Å². The van der Waals surface area contributed by atoms with Crippen molar-refractivity contribution in [2.24, 2.45) is 0 Å². The molecule has 1 aliphatic rings. The molecule has 1 aromatic carbocycles. The molecule has 1 fully saturated rings. The number of hydrogen-bond donors (Lipinski definition) is 2. The molecule has 1 amide bonds. The number of carbonyl (C=O) groups is 1. The van der Waals surface area contributed by atoms with Gasteiger partial charge in [0.2, 0.25) is 5.91 Å². The minimum atomic E-state index is 0. The lowest BCUT2D eigenvalue weighted by atomic mass is 10.2. The van der Waals surface area contributed by atoms with Gasteiger partial charge in [0.25, 0.3) is 0 Å². The summed E-state index contributed by atoms with van der Waals surface area (Å²) < 4.78 is 0. The molecule has 0 bridgehead atoms. The molecule has 0 aliphatic heterocycles. The third kappa shape index (κ3) is 5.77. The van der Waals surface area contributed by atoms with Crippen LogP contribution in [0.15, 0.2) is 29.6 Å². The molecule has 2 N–H and O–H groups in total. The summed E-state index contributed by atoms with van der Waals surface area (Å²) >= 11 is 7.50. The van der Waals surface area contributed by atoms with Crippen LogP contribution in [0.4, 0.5) is 0 Å². The number of nitrogens with one attached hydrogen (secondary N) is 2. The molecule has 1 saturated carbocycles. The summed E-state index contributed by atoms with van der Waals surface area (Å²) in [5, 5.41) is 9.86. The van der Waals surface area contributed by atoms with E-state index in [1.807, 2.05) is 29.6 Å². The number of rotatable bonds is 7. The molecule has 0 radical (unpaired) electrons. The third-order valence-electron chi connectivity index (χ3n) is 3.47. The van der Waals surface area contributed by atoms with Crippen molar-refractivity contribution in [2.75, 3.05) is 13.1 Å². The van der Waals surface area contributed by atoms with Gasteiger partial charge in [0.05, 0.1) is 12.2 Å². The minimum absolute atomic E-state index is 0. The highest BCUT2D eigenvalue weighted by molar-refractivity contribution is 7.13. The summed E-state index contributed by atoms with van der Waals surface area (Å²) in [5.74, 6) is 0.0556. The Hall–Kier alpha value is -1.14. The van der Waals surface area contributed by atoms with Crippen LogP contribution < -0.4 is 10.6 Å². The van der Waals surface area contributed by atoms with Crippen molar-refractivity contribution >= 4 is 41.3 Å². The van der Waals surface area contributed by atoms with E-state index >= 15 is 0 Å². The van der Waals surface area contributed by atoms with Crippen LogP contribution in [0.3, 0.4) is 0 Å². The number of nitrogens with zero attached hydrogens (tertiary/aromatic N) is 1. The summed E-state index contributed by atoms with van der Waals surface area (Å²) in [4.78, 5) is 16.2. The average molecular weight is 372 g/mol. The molecule has 1 heterocycles. The Morgan fingerprint density at radius 2 is 2.04 bits per heavy atom. The number of halogens is 2. The SMILES string of the molecule is Cl.O=C(CNC1CC1)NCCc1csc(-c2ccc(Cl)cc2)n1. The molecule has 1 aromatic heterocycles. The molecule has 124 valence electrons. The highest BCUT2D eigenvalue weighted by atomic mass is 35.5. The minimum Gasteiger partial charge on any atom is -0.355 e. The maximum Gasteiger partial charge on any atom is 0.233 e. The number of benzene rings is 1. The number of hydrogen-bond acceptors (Lipinski definition) is 4. The second kappa shape index (κ2) is 8.64. The summed E-state index contributed by atoms with van der Waals surface area (Å²) in [6.45, 7) is 1.03. The summed E-state index contributed by atoms with van der Waals surface area (Å²) in [5.41, 5.74) is 2.07. The van der Waals surface area contributed by atoms with Crippen molar-refractivity contribution in [1.82, 2.24) is 15.6 Å². The van der Waals surface area contributed by atoms with E-state index in [1.165, 1.54) is 12.8 Å². The first-order chi connectivity index (χ1) is 10.7. The Balaban J connectivity index is 0.00000192. The molecule has 0 saturated heterocycles. The van der Waals surface area contributed by atoms with Crippen LogP contribution in [0.2, 0.25) is 5.02 Å². The van der Waals surface area contributed by atoms with Gasteiger partial charge in [0, 0.05) is 35.0 Å². The number of thiazole rings is 1. The maximum absolute atomic E-state index is 11.6. The van der Waals surface area contributed by atoms with Crippen molar-refractivity contribution < 1.29 is 4.79 Å². The van der Waals surface area contributed by atoms with E-state index in [-0.39, 0.29) is 18.3 Å². The van der Waals surface area contributed by atoms with Crippen LogP contribution in [0.5, 0.6) is 0 Å². The standard InChI is InChI=1S/C16H18ClN3OS.ClH/c17-12-3-1-11(2-4-12)16-20-14(10-22-16)7-8-18-15(21)9-19-13-5-6-13;/h1-4,10,13,19H,5-9H2,(H,18,21);1H. The second-order valence-corrected chi connectivity index (χ2v) is 6.70. The smallest absolute Gasteiger partial charge is 0.233 e. The molecule has 2 aromatic rings. The van der Waals surface area contributed by atoms with E-state index in [4.69, 9.17) is 11.6 Å². The topological polar surface area (TPSA) is 54.0 Å². The van der Waals surface area contributed by atoms with Gasteiger partial charge in [0.15, 0.2) is 0 Å². The summed E-state index contributed by atoms with van der Waals surface area (Å²) in [7, 11) is 0.